The Morgan fingerprint density at radius 2 is 1.69 bits per heavy atom. The van der Waals surface area contributed by atoms with Gasteiger partial charge in [0.1, 0.15) is 23.0 Å². The van der Waals surface area contributed by atoms with Crippen LogP contribution in [0.3, 0.4) is 0 Å². The maximum Gasteiger partial charge on any atom is 0.226 e. The Morgan fingerprint density at radius 3 is 2.28 bits per heavy atom. The highest BCUT2D eigenvalue weighted by Crippen LogP contribution is 2.33. The van der Waals surface area contributed by atoms with Gasteiger partial charge < -0.3 is 23.9 Å². The maximum atomic E-state index is 12.5. The molecule has 152 valence electrons. The highest BCUT2D eigenvalue weighted by molar-refractivity contribution is 5.78. The number of benzene rings is 2. The minimum absolute atomic E-state index is 0.114. The first-order valence-electron chi connectivity index (χ1n) is 9.13. The molecule has 0 radical (unpaired) electrons. The van der Waals surface area contributed by atoms with Gasteiger partial charge in [-0.05, 0) is 19.1 Å². The average Bonchev–Trinajstić information content (AvgIpc) is 3.12. The topological polar surface area (TPSA) is 82.8 Å². The first-order valence-corrected chi connectivity index (χ1v) is 9.13. The third kappa shape index (κ3) is 4.68. The maximum absolute atomic E-state index is 12.5. The summed E-state index contributed by atoms with van der Waals surface area (Å²) in [4.78, 5) is 17.0. The molecule has 29 heavy (non-hydrogen) atoms. The van der Waals surface area contributed by atoms with E-state index in [1.54, 1.807) is 40.4 Å². The second-order valence-electron chi connectivity index (χ2n) is 6.35. The van der Waals surface area contributed by atoms with Crippen molar-refractivity contribution in [2.45, 2.75) is 19.9 Å². The van der Waals surface area contributed by atoms with Crippen molar-refractivity contribution in [1.29, 1.82) is 0 Å². The molecule has 1 heterocycles. The largest absolute Gasteiger partial charge is 0.496 e. The first kappa shape index (κ1) is 20.3. The van der Waals surface area contributed by atoms with E-state index in [2.05, 4.69) is 10.3 Å². The molecule has 0 atom stereocenters. The van der Waals surface area contributed by atoms with Crippen LogP contribution < -0.4 is 19.5 Å². The normalized spacial score (nSPS) is 10.5. The van der Waals surface area contributed by atoms with E-state index in [9.17, 15) is 4.79 Å². The van der Waals surface area contributed by atoms with Gasteiger partial charge >= 0.3 is 0 Å². The average molecular weight is 396 g/mol. The first-order chi connectivity index (χ1) is 14.0. The Hall–Kier alpha value is -3.48. The van der Waals surface area contributed by atoms with E-state index in [4.69, 9.17) is 18.6 Å². The number of ether oxygens (including phenoxy) is 3. The molecule has 0 aliphatic heterocycles. The summed E-state index contributed by atoms with van der Waals surface area (Å²) in [6.07, 6.45) is 0.114. The van der Waals surface area contributed by atoms with E-state index in [1.807, 2.05) is 30.3 Å². The Kier molecular flexibility index (Phi) is 6.39. The van der Waals surface area contributed by atoms with Gasteiger partial charge in [-0.1, -0.05) is 18.2 Å². The molecule has 1 N–H and O–H groups in total. The number of amides is 1. The summed E-state index contributed by atoms with van der Waals surface area (Å²) in [5.74, 6) is 2.71. The predicted molar refractivity (Wildman–Crippen MR) is 108 cm³/mol. The summed E-state index contributed by atoms with van der Waals surface area (Å²) in [5.41, 5.74) is 2.20. The molecule has 2 aromatic carbocycles. The van der Waals surface area contributed by atoms with Gasteiger partial charge in [-0.2, -0.15) is 0 Å². The van der Waals surface area contributed by atoms with Crippen molar-refractivity contribution in [3.63, 3.8) is 0 Å². The summed E-state index contributed by atoms with van der Waals surface area (Å²) in [5, 5.41) is 2.89. The van der Waals surface area contributed by atoms with Gasteiger partial charge in [0.25, 0.3) is 0 Å². The van der Waals surface area contributed by atoms with Crippen LogP contribution in [0.1, 0.15) is 17.0 Å². The van der Waals surface area contributed by atoms with E-state index in [-0.39, 0.29) is 18.9 Å². The second kappa shape index (κ2) is 9.14. The van der Waals surface area contributed by atoms with Crippen LogP contribution in [0.4, 0.5) is 0 Å². The zero-order valence-corrected chi connectivity index (χ0v) is 16.9. The van der Waals surface area contributed by atoms with E-state index in [0.29, 0.717) is 34.6 Å². The number of nitrogens with one attached hydrogen (secondary N) is 1. The molecule has 3 rings (SSSR count). The highest BCUT2D eigenvalue weighted by atomic mass is 16.5. The third-order valence-electron chi connectivity index (χ3n) is 4.52. The zero-order chi connectivity index (χ0) is 20.8. The van der Waals surface area contributed by atoms with Crippen LogP contribution in [-0.2, 0) is 17.8 Å². The number of rotatable bonds is 8. The molecule has 1 amide bonds. The lowest BCUT2D eigenvalue weighted by Crippen LogP contribution is -2.25. The van der Waals surface area contributed by atoms with E-state index >= 15 is 0 Å². The standard InChI is InChI=1S/C22H24N2O5/c1-14-18(24-22(29-14)15-8-6-5-7-9-15)12-21(25)23-13-17-19(27-3)10-16(26-2)11-20(17)28-4/h5-11H,12-13H2,1-4H3,(H,23,25). The van der Waals surface area contributed by atoms with E-state index in [0.717, 1.165) is 11.1 Å². The lowest BCUT2D eigenvalue weighted by atomic mass is 10.1. The van der Waals surface area contributed by atoms with Gasteiger partial charge in [-0.3, -0.25) is 4.79 Å². The molecular formula is C22H24N2O5. The smallest absolute Gasteiger partial charge is 0.226 e. The van der Waals surface area contributed by atoms with Crippen LogP contribution in [0.5, 0.6) is 17.2 Å². The quantitative estimate of drug-likeness (QED) is 0.627. The lowest BCUT2D eigenvalue weighted by Gasteiger charge is -2.15. The van der Waals surface area contributed by atoms with Crippen molar-refractivity contribution >= 4 is 5.91 Å². The van der Waals surface area contributed by atoms with Gasteiger partial charge in [0.15, 0.2) is 0 Å². The number of aromatic nitrogens is 1. The van der Waals surface area contributed by atoms with Crippen molar-refractivity contribution in [3.8, 4) is 28.7 Å². The summed E-state index contributed by atoms with van der Waals surface area (Å²) < 4.78 is 21.8. The number of carbonyl (C=O) groups is 1. The van der Waals surface area contributed by atoms with Crippen molar-refractivity contribution in [2.24, 2.45) is 0 Å². The Bertz CT molecular complexity index is 957. The van der Waals surface area contributed by atoms with E-state index in [1.165, 1.54) is 0 Å². The Morgan fingerprint density at radius 1 is 1.03 bits per heavy atom. The number of nitrogens with zero attached hydrogens (tertiary/aromatic N) is 1. The summed E-state index contributed by atoms with van der Waals surface area (Å²) in [7, 11) is 4.69. The highest BCUT2D eigenvalue weighted by Gasteiger charge is 2.17. The van der Waals surface area contributed by atoms with Crippen molar-refractivity contribution < 1.29 is 23.4 Å². The SMILES string of the molecule is COc1cc(OC)c(CNC(=O)Cc2nc(-c3ccccc3)oc2C)c(OC)c1. The Labute approximate surface area is 169 Å². The van der Waals surface area contributed by atoms with Crippen molar-refractivity contribution in [3.05, 3.63) is 59.5 Å². The third-order valence-corrected chi connectivity index (χ3v) is 4.52. The molecular weight excluding hydrogens is 372 g/mol. The minimum atomic E-state index is -0.180. The molecule has 3 aromatic rings. The molecule has 0 unspecified atom stereocenters. The number of hydrogen-bond acceptors (Lipinski definition) is 6. The van der Waals surface area contributed by atoms with Gasteiger partial charge in [0.2, 0.25) is 11.8 Å². The van der Waals surface area contributed by atoms with Crippen LogP contribution in [-0.4, -0.2) is 32.2 Å². The van der Waals surface area contributed by atoms with Crippen LogP contribution in [0.25, 0.3) is 11.5 Å². The zero-order valence-electron chi connectivity index (χ0n) is 16.9. The molecule has 0 fully saturated rings. The van der Waals surface area contributed by atoms with Gasteiger partial charge in [-0.15, -0.1) is 0 Å². The molecule has 0 saturated heterocycles. The lowest BCUT2D eigenvalue weighted by molar-refractivity contribution is -0.120. The number of aryl methyl sites for hydroxylation is 1. The van der Waals surface area contributed by atoms with Crippen LogP contribution in [0.15, 0.2) is 46.9 Å². The molecule has 0 saturated carbocycles. The molecule has 0 spiro atoms. The molecule has 1 aromatic heterocycles. The van der Waals surface area contributed by atoms with Crippen molar-refractivity contribution in [1.82, 2.24) is 10.3 Å². The van der Waals surface area contributed by atoms with Gasteiger partial charge in [0.05, 0.1) is 45.6 Å². The number of oxazole rings is 1. The fourth-order valence-corrected chi connectivity index (χ4v) is 2.95. The van der Waals surface area contributed by atoms with Crippen LogP contribution in [0.2, 0.25) is 0 Å². The van der Waals surface area contributed by atoms with Gasteiger partial charge in [0, 0.05) is 17.7 Å². The predicted octanol–water partition coefficient (Wildman–Crippen LogP) is 3.53. The molecule has 0 aliphatic rings. The molecule has 7 heteroatoms. The summed E-state index contributed by atoms with van der Waals surface area (Å²) in [6.45, 7) is 2.05. The fourth-order valence-electron chi connectivity index (χ4n) is 2.95. The molecule has 0 aliphatic carbocycles. The fraction of sp³-hybridized carbons (Fsp3) is 0.273. The van der Waals surface area contributed by atoms with Crippen LogP contribution >= 0.6 is 0 Å². The summed E-state index contributed by atoms with van der Waals surface area (Å²) >= 11 is 0. The molecule has 7 nitrogen and oxygen atoms in total. The number of hydrogen-bond donors (Lipinski definition) is 1. The van der Waals surface area contributed by atoms with Gasteiger partial charge in [-0.25, -0.2) is 4.98 Å². The monoisotopic (exact) mass is 396 g/mol. The second-order valence-corrected chi connectivity index (χ2v) is 6.35. The van der Waals surface area contributed by atoms with E-state index < -0.39 is 0 Å². The Balaban J connectivity index is 1.70. The van der Waals surface area contributed by atoms with Crippen LogP contribution in [0, 0.1) is 6.92 Å². The number of methoxy groups -OCH3 is 3. The molecule has 0 bridgehead atoms. The minimum Gasteiger partial charge on any atom is -0.496 e. The number of carbonyl (C=O) groups excluding carboxylic acids is 1. The van der Waals surface area contributed by atoms with Crippen molar-refractivity contribution in [2.75, 3.05) is 21.3 Å². The summed E-state index contributed by atoms with van der Waals surface area (Å²) in [6, 6.07) is 13.1.